The number of amides is 1. The molecule has 0 atom stereocenters. The number of benzene rings is 1. The molecule has 2 aromatic heterocycles. The third-order valence-corrected chi connectivity index (χ3v) is 5.06. The van der Waals surface area contributed by atoms with Gasteiger partial charge in [-0.25, -0.2) is 9.97 Å². The predicted octanol–water partition coefficient (Wildman–Crippen LogP) is 4.08. The minimum atomic E-state index is -0.0654. The van der Waals surface area contributed by atoms with Gasteiger partial charge in [0, 0.05) is 36.4 Å². The molecule has 0 aliphatic rings. The molecule has 0 saturated heterocycles. The van der Waals surface area contributed by atoms with Gasteiger partial charge in [-0.1, -0.05) is 23.9 Å². The molecule has 1 aromatic carbocycles. The van der Waals surface area contributed by atoms with Crippen molar-refractivity contribution in [3.63, 3.8) is 0 Å². The molecule has 1 amide bonds. The van der Waals surface area contributed by atoms with Crippen LogP contribution >= 0.6 is 11.8 Å². The molecule has 3 rings (SSSR count). The van der Waals surface area contributed by atoms with Crippen molar-refractivity contribution in [2.45, 2.75) is 45.5 Å². The zero-order chi connectivity index (χ0) is 20.8. The summed E-state index contributed by atoms with van der Waals surface area (Å²) in [5.41, 5.74) is 4.29. The van der Waals surface area contributed by atoms with E-state index in [0.29, 0.717) is 12.4 Å². The smallest absolute Gasteiger partial charge is 0.230 e. The first-order valence-electron chi connectivity index (χ1n) is 9.54. The average Bonchev–Trinajstić information content (AvgIpc) is 3.13. The van der Waals surface area contributed by atoms with Gasteiger partial charge >= 0.3 is 0 Å². The van der Waals surface area contributed by atoms with Crippen LogP contribution < -0.4 is 10.1 Å². The lowest BCUT2D eigenvalue weighted by molar-refractivity contribution is -0.118. The molecular weight excluding hydrogens is 384 g/mol. The number of imidazole rings is 1. The van der Waals surface area contributed by atoms with Gasteiger partial charge in [0.1, 0.15) is 0 Å². The van der Waals surface area contributed by atoms with Crippen LogP contribution in [0.5, 0.6) is 5.88 Å². The fraction of sp³-hybridized carbons (Fsp3) is 0.318. The summed E-state index contributed by atoms with van der Waals surface area (Å²) in [5, 5.41) is 3.72. The number of nitrogens with one attached hydrogen (secondary N) is 1. The SMILES string of the molecule is Cc1cc(C)cc(-n2ccnc2SCC(=O)NCc2cccnc2OC(C)C)c1. The predicted molar refractivity (Wildman–Crippen MR) is 116 cm³/mol. The van der Waals surface area contributed by atoms with E-state index in [1.165, 1.54) is 22.9 Å². The Kier molecular flexibility index (Phi) is 6.93. The first-order chi connectivity index (χ1) is 13.9. The molecule has 0 fully saturated rings. The number of thioether (sulfide) groups is 1. The number of ether oxygens (including phenoxy) is 1. The van der Waals surface area contributed by atoms with E-state index in [0.717, 1.165) is 16.4 Å². The van der Waals surface area contributed by atoms with E-state index in [1.54, 1.807) is 12.4 Å². The van der Waals surface area contributed by atoms with Gasteiger partial charge in [-0.15, -0.1) is 0 Å². The number of pyridine rings is 1. The first kappa shape index (κ1) is 20.9. The number of aromatic nitrogens is 3. The Bertz CT molecular complexity index is 964. The highest BCUT2D eigenvalue weighted by Crippen LogP contribution is 2.22. The summed E-state index contributed by atoms with van der Waals surface area (Å²) in [6, 6.07) is 10.1. The van der Waals surface area contributed by atoms with Crippen molar-refractivity contribution in [2.24, 2.45) is 0 Å². The van der Waals surface area contributed by atoms with Gasteiger partial charge in [0.25, 0.3) is 0 Å². The van der Waals surface area contributed by atoms with Crippen LogP contribution in [-0.2, 0) is 11.3 Å². The number of carbonyl (C=O) groups is 1. The maximum Gasteiger partial charge on any atom is 0.230 e. The topological polar surface area (TPSA) is 69.0 Å². The van der Waals surface area contributed by atoms with E-state index in [1.807, 2.05) is 36.7 Å². The Morgan fingerprint density at radius 3 is 2.66 bits per heavy atom. The first-order valence-corrected chi connectivity index (χ1v) is 10.5. The molecule has 1 N–H and O–H groups in total. The van der Waals surface area contributed by atoms with Crippen molar-refractivity contribution >= 4 is 17.7 Å². The molecule has 0 radical (unpaired) electrons. The lowest BCUT2D eigenvalue weighted by Gasteiger charge is -2.13. The summed E-state index contributed by atoms with van der Waals surface area (Å²) in [5.74, 6) is 0.771. The monoisotopic (exact) mass is 410 g/mol. The van der Waals surface area contributed by atoms with E-state index < -0.39 is 0 Å². The van der Waals surface area contributed by atoms with Crippen LogP contribution in [0.25, 0.3) is 5.69 Å². The van der Waals surface area contributed by atoms with Crippen molar-refractivity contribution in [1.29, 1.82) is 0 Å². The highest BCUT2D eigenvalue weighted by atomic mass is 32.2. The molecule has 29 heavy (non-hydrogen) atoms. The molecule has 0 unspecified atom stereocenters. The second-order valence-corrected chi connectivity index (χ2v) is 8.07. The Morgan fingerprint density at radius 1 is 1.17 bits per heavy atom. The standard InChI is InChI=1S/C22H26N4O2S/c1-15(2)28-21-18(6-5-7-23-21)13-25-20(27)14-29-22-24-8-9-26(22)19-11-16(3)10-17(4)12-19/h5-12,15H,13-14H2,1-4H3,(H,25,27). The van der Waals surface area contributed by atoms with Gasteiger partial charge in [-0.3, -0.25) is 9.36 Å². The summed E-state index contributed by atoms with van der Waals surface area (Å²) in [4.78, 5) is 21.0. The van der Waals surface area contributed by atoms with Crippen molar-refractivity contribution < 1.29 is 9.53 Å². The highest BCUT2D eigenvalue weighted by Gasteiger charge is 2.12. The van der Waals surface area contributed by atoms with Crippen molar-refractivity contribution in [1.82, 2.24) is 19.9 Å². The average molecular weight is 411 g/mol. The fourth-order valence-corrected chi connectivity index (χ4v) is 3.75. The van der Waals surface area contributed by atoms with Crippen molar-refractivity contribution in [3.8, 4) is 11.6 Å². The molecule has 3 aromatic rings. The van der Waals surface area contributed by atoms with Crippen LogP contribution in [0.2, 0.25) is 0 Å². The zero-order valence-electron chi connectivity index (χ0n) is 17.2. The second-order valence-electron chi connectivity index (χ2n) is 7.13. The van der Waals surface area contributed by atoms with Crippen LogP contribution in [0.4, 0.5) is 0 Å². The highest BCUT2D eigenvalue weighted by molar-refractivity contribution is 7.99. The summed E-state index contributed by atoms with van der Waals surface area (Å²) in [6.07, 6.45) is 5.38. The Labute approximate surface area is 175 Å². The van der Waals surface area contributed by atoms with Crippen molar-refractivity contribution in [3.05, 3.63) is 65.6 Å². The van der Waals surface area contributed by atoms with E-state index in [9.17, 15) is 4.79 Å². The zero-order valence-corrected chi connectivity index (χ0v) is 18.0. The quantitative estimate of drug-likeness (QED) is 0.567. The van der Waals surface area contributed by atoms with Crippen LogP contribution in [0, 0.1) is 13.8 Å². The lowest BCUT2D eigenvalue weighted by atomic mass is 10.1. The number of carbonyl (C=O) groups excluding carboxylic acids is 1. The molecule has 6 nitrogen and oxygen atoms in total. The summed E-state index contributed by atoms with van der Waals surface area (Å²) < 4.78 is 7.71. The third-order valence-electron chi connectivity index (χ3n) is 4.10. The van der Waals surface area contributed by atoms with Crippen LogP contribution in [0.1, 0.15) is 30.5 Å². The molecule has 0 aliphatic heterocycles. The minimum absolute atomic E-state index is 0.0269. The molecule has 2 heterocycles. The largest absolute Gasteiger partial charge is 0.475 e. The van der Waals surface area contributed by atoms with E-state index in [2.05, 4.69) is 47.3 Å². The maximum absolute atomic E-state index is 12.4. The maximum atomic E-state index is 12.4. The normalized spacial score (nSPS) is 10.9. The lowest BCUT2D eigenvalue weighted by Crippen LogP contribution is -2.25. The van der Waals surface area contributed by atoms with Gasteiger partial charge in [0.05, 0.1) is 11.9 Å². The van der Waals surface area contributed by atoms with E-state index >= 15 is 0 Å². The number of nitrogens with zero attached hydrogens (tertiary/aromatic N) is 3. The number of hydrogen-bond donors (Lipinski definition) is 1. The minimum Gasteiger partial charge on any atom is -0.475 e. The summed E-state index contributed by atoms with van der Waals surface area (Å²) in [6.45, 7) is 8.42. The van der Waals surface area contributed by atoms with Crippen LogP contribution in [0.15, 0.2) is 54.1 Å². The molecule has 0 bridgehead atoms. The van der Waals surface area contributed by atoms with Crippen molar-refractivity contribution in [2.75, 3.05) is 5.75 Å². The Hall–Kier alpha value is -2.80. The van der Waals surface area contributed by atoms with E-state index in [-0.39, 0.29) is 17.8 Å². The van der Waals surface area contributed by atoms with Crippen LogP contribution in [-0.4, -0.2) is 32.3 Å². The Balaban J connectivity index is 1.59. The molecule has 0 saturated carbocycles. The molecule has 0 spiro atoms. The molecule has 152 valence electrons. The van der Waals surface area contributed by atoms with Gasteiger partial charge in [-0.2, -0.15) is 0 Å². The molecule has 7 heteroatoms. The molecule has 0 aliphatic carbocycles. The van der Waals surface area contributed by atoms with Gasteiger partial charge < -0.3 is 10.1 Å². The van der Waals surface area contributed by atoms with Gasteiger partial charge in [0.2, 0.25) is 11.8 Å². The third kappa shape index (κ3) is 5.84. The van der Waals surface area contributed by atoms with Crippen LogP contribution in [0.3, 0.4) is 0 Å². The van der Waals surface area contributed by atoms with Gasteiger partial charge in [-0.05, 0) is 57.0 Å². The Morgan fingerprint density at radius 2 is 1.93 bits per heavy atom. The summed E-state index contributed by atoms with van der Waals surface area (Å²) in [7, 11) is 0. The van der Waals surface area contributed by atoms with E-state index in [4.69, 9.17) is 4.74 Å². The fourth-order valence-electron chi connectivity index (χ4n) is 2.95. The van der Waals surface area contributed by atoms with Gasteiger partial charge in [0.15, 0.2) is 5.16 Å². The number of hydrogen-bond acceptors (Lipinski definition) is 5. The molecular formula is C22H26N4O2S. The summed E-state index contributed by atoms with van der Waals surface area (Å²) >= 11 is 1.41. The number of rotatable bonds is 8. The second kappa shape index (κ2) is 9.60. The number of aryl methyl sites for hydroxylation is 2.